The molecular weight excluding hydrogens is 386 g/mol. The van der Waals surface area contributed by atoms with Crippen LogP contribution in [0.1, 0.15) is 73.9 Å². The van der Waals surface area contributed by atoms with Crippen LogP contribution in [0, 0.1) is 0 Å². The Morgan fingerprint density at radius 2 is 2.06 bits per heavy atom. The van der Waals surface area contributed by atoms with Crippen LogP contribution >= 0.6 is 0 Å². The number of hydrogen-bond donors (Lipinski definition) is 1. The van der Waals surface area contributed by atoms with Gasteiger partial charge in [-0.05, 0) is 54.7 Å². The molecule has 0 radical (unpaired) electrons. The SMILES string of the molecule is CC(C)c1cnn2c(N[C@@H]3CCC4=C(C3)c3ccccc3C4)nc(C3CCOC3)nc12. The van der Waals surface area contributed by atoms with Gasteiger partial charge in [-0.3, -0.25) is 0 Å². The van der Waals surface area contributed by atoms with Crippen molar-refractivity contribution in [2.75, 3.05) is 18.5 Å². The molecule has 1 N–H and O–H groups in total. The highest BCUT2D eigenvalue weighted by atomic mass is 16.5. The van der Waals surface area contributed by atoms with Crippen molar-refractivity contribution < 1.29 is 4.74 Å². The fraction of sp³-hybridized carbons (Fsp3) is 0.480. The molecule has 1 aromatic carbocycles. The average Bonchev–Trinajstić information content (AvgIpc) is 3.51. The molecule has 2 aliphatic carbocycles. The van der Waals surface area contributed by atoms with Crippen LogP contribution < -0.4 is 5.32 Å². The lowest BCUT2D eigenvalue weighted by Crippen LogP contribution is -2.26. The summed E-state index contributed by atoms with van der Waals surface area (Å²) < 4.78 is 7.53. The lowest BCUT2D eigenvalue weighted by atomic mass is 9.88. The van der Waals surface area contributed by atoms with E-state index in [1.807, 2.05) is 10.7 Å². The van der Waals surface area contributed by atoms with E-state index in [-0.39, 0.29) is 5.92 Å². The topological polar surface area (TPSA) is 64.3 Å². The maximum Gasteiger partial charge on any atom is 0.227 e. The van der Waals surface area contributed by atoms with Crippen LogP contribution in [0.4, 0.5) is 5.95 Å². The molecule has 3 aliphatic rings. The van der Waals surface area contributed by atoms with Gasteiger partial charge in [0.2, 0.25) is 5.95 Å². The van der Waals surface area contributed by atoms with Gasteiger partial charge in [0.15, 0.2) is 5.65 Å². The van der Waals surface area contributed by atoms with Crippen LogP contribution in [0.2, 0.25) is 0 Å². The Hall–Kier alpha value is -2.73. The number of benzene rings is 1. The van der Waals surface area contributed by atoms with Crippen LogP contribution in [0.25, 0.3) is 11.2 Å². The summed E-state index contributed by atoms with van der Waals surface area (Å²) in [7, 11) is 0. The van der Waals surface area contributed by atoms with E-state index in [1.54, 1.807) is 5.57 Å². The molecular formula is C25H29N5O. The van der Waals surface area contributed by atoms with Gasteiger partial charge in [-0.2, -0.15) is 14.6 Å². The monoisotopic (exact) mass is 415 g/mol. The van der Waals surface area contributed by atoms with Crippen molar-refractivity contribution in [1.29, 1.82) is 0 Å². The van der Waals surface area contributed by atoms with E-state index in [4.69, 9.17) is 14.7 Å². The van der Waals surface area contributed by atoms with Crippen LogP contribution in [0.5, 0.6) is 0 Å². The number of allylic oxidation sites excluding steroid dienone is 1. The largest absolute Gasteiger partial charge is 0.381 e. The summed E-state index contributed by atoms with van der Waals surface area (Å²) in [5.74, 6) is 2.34. The number of hydrogen-bond acceptors (Lipinski definition) is 5. The van der Waals surface area contributed by atoms with Gasteiger partial charge in [0, 0.05) is 24.1 Å². The predicted octanol–water partition coefficient (Wildman–Crippen LogP) is 4.73. The van der Waals surface area contributed by atoms with E-state index >= 15 is 0 Å². The second-order valence-electron chi connectivity index (χ2n) is 9.46. The zero-order valence-corrected chi connectivity index (χ0v) is 18.3. The quantitative estimate of drug-likeness (QED) is 0.668. The molecule has 2 aromatic heterocycles. The number of nitrogens with one attached hydrogen (secondary N) is 1. The van der Waals surface area contributed by atoms with Crippen molar-refractivity contribution in [1.82, 2.24) is 19.6 Å². The number of rotatable bonds is 4. The van der Waals surface area contributed by atoms with Gasteiger partial charge in [-0.1, -0.05) is 43.7 Å². The van der Waals surface area contributed by atoms with Gasteiger partial charge in [-0.25, -0.2) is 4.98 Å². The minimum absolute atomic E-state index is 0.267. The highest BCUT2D eigenvalue weighted by molar-refractivity contribution is 5.77. The summed E-state index contributed by atoms with van der Waals surface area (Å²) in [5, 5.41) is 8.42. The highest BCUT2D eigenvalue weighted by Gasteiger charge is 2.29. The maximum absolute atomic E-state index is 5.62. The number of fused-ring (bicyclic) bond motifs is 3. The minimum Gasteiger partial charge on any atom is -0.381 e. The Morgan fingerprint density at radius 3 is 2.90 bits per heavy atom. The average molecular weight is 416 g/mol. The molecule has 2 atom stereocenters. The molecule has 1 unspecified atom stereocenters. The summed E-state index contributed by atoms with van der Waals surface area (Å²) in [4.78, 5) is 9.90. The Bertz CT molecular complexity index is 1170. The van der Waals surface area contributed by atoms with Gasteiger partial charge in [0.1, 0.15) is 5.82 Å². The van der Waals surface area contributed by atoms with Crippen LogP contribution in [0.3, 0.4) is 0 Å². The lowest BCUT2D eigenvalue weighted by molar-refractivity contribution is 0.193. The van der Waals surface area contributed by atoms with Crippen molar-refractivity contribution in [3.05, 3.63) is 58.6 Å². The molecule has 1 saturated heterocycles. The Kier molecular flexibility index (Phi) is 4.56. The smallest absolute Gasteiger partial charge is 0.227 e. The first-order valence-corrected chi connectivity index (χ1v) is 11.6. The maximum atomic E-state index is 5.62. The number of anilines is 1. The summed E-state index contributed by atoms with van der Waals surface area (Å²) >= 11 is 0. The molecule has 6 rings (SSSR count). The Balaban J connectivity index is 1.34. The van der Waals surface area contributed by atoms with Gasteiger partial charge >= 0.3 is 0 Å². The van der Waals surface area contributed by atoms with Crippen molar-refractivity contribution in [3.8, 4) is 0 Å². The molecule has 0 spiro atoms. The zero-order valence-electron chi connectivity index (χ0n) is 18.3. The predicted molar refractivity (Wildman–Crippen MR) is 121 cm³/mol. The van der Waals surface area contributed by atoms with Gasteiger partial charge in [0.25, 0.3) is 0 Å². The summed E-state index contributed by atoms with van der Waals surface area (Å²) in [6.45, 7) is 5.88. The van der Waals surface area contributed by atoms with Crippen molar-refractivity contribution in [2.24, 2.45) is 0 Å². The first-order valence-electron chi connectivity index (χ1n) is 11.6. The number of ether oxygens (including phenoxy) is 1. The standard InChI is InChI=1S/C25H29N5O/c1-15(2)22-13-26-30-24(22)28-23(18-9-10-31-14-18)29-25(30)27-19-8-7-17-11-16-5-3-4-6-20(16)21(17)12-19/h3-6,13,15,18-19H,7-12,14H2,1-2H3,(H,27,28,29)/t18?,19-/m1/s1. The van der Waals surface area contributed by atoms with Crippen molar-refractivity contribution in [2.45, 2.75) is 63.8 Å². The summed E-state index contributed by atoms with van der Waals surface area (Å²) in [6.07, 6.45) is 7.37. The molecule has 6 heteroatoms. The third kappa shape index (κ3) is 3.24. The first-order chi connectivity index (χ1) is 15.2. The van der Waals surface area contributed by atoms with Crippen molar-refractivity contribution in [3.63, 3.8) is 0 Å². The molecule has 3 heterocycles. The minimum atomic E-state index is 0.267. The van der Waals surface area contributed by atoms with E-state index in [1.165, 1.54) is 22.3 Å². The number of aromatic nitrogens is 4. The van der Waals surface area contributed by atoms with E-state index in [2.05, 4.69) is 48.5 Å². The summed E-state index contributed by atoms with van der Waals surface area (Å²) in [6, 6.07) is 9.22. The normalized spacial score (nSPS) is 22.9. The molecule has 160 valence electrons. The molecule has 3 aromatic rings. The second-order valence-corrected chi connectivity index (χ2v) is 9.46. The highest BCUT2D eigenvalue weighted by Crippen LogP contribution is 2.42. The van der Waals surface area contributed by atoms with E-state index in [0.717, 1.165) is 56.1 Å². The molecule has 0 bridgehead atoms. The van der Waals surface area contributed by atoms with Crippen LogP contribution in [0.15, 0.2) is 36.0 Å². The first kappa shape index (κ1) is 19.0. The third-order valence-corrected chi connectivity index (χ3v) is 7.08. The third-order valence-electron chi connectivity index (χ3n) is 7.08. The van der Waals surface area contributed by atoms with Crippen LogP contribution in [-0.2, 0) is 11.2 Å². The van der Waals surface area contributed by atoms with E-state index in [0.29, 0.717) is 18.6 Å². The molecule has 1 aliphatic heterocycles. The van der Waals surface area contributed by atoms with Gasteiger partial charge in [0.05, 0.1) is 12.8 Å². The fourth-order valence-electron chi connectivity index (χ4n) is 5.32. The molecule has 6 nitrogen and oxygen atoms in total. The molecule has 31 heavy (non-hydrogen) atoms. The Morgan fingerprint density at radius 1 is 1.16 bits per heavy atom. The van der Waals surface area contributed by atoms with Gasteiger partial charge < -0.3 is 10.1 Å². The second kappa shape index (κ2) is 7.45. The number of nitrogens with zero attached hydrogens (tertiary/aromatic N) is 4. The van der Waals surface area contributed by atoms with Crippen molar-refractivity contribution >= 4 is 17.2 Å². The van der Waals surface area contributed by atoms with E-state index in [9.17, 15) is 0 Å². The van der Waals surface area contributed by atoms with Gasteiger partial charge in [-0.15, -0.1) is 0 Å². The molecule has 0 saturated carbocycles. The van der Waals surface area contributed by atoms with Crippen LogP contribution in [-0.4, -0.2) is 38.8 Å². The fourth-order valence-corrected chi connectivity index (χ4v) is 5.32. The Labute approximate surface area is 182 Å². The zero-order chi connectivity index (χ0) is 20.9. The molecule has 1 fully saturated rings. The lowest BCUT2D eigenvalue weighted by Gasteiger charge is -2.26. The molecule has 0 amide bonds. The van der Waals surface area contributed by atoms with E-state index < -0.39 is 0 Å². The summed E-state index contributed by atoms with van der Waals surface area (Å²) in [5.41, 5.74) is 8.19.